The Labute approximate surface area is 231 Å². The smallest absolute Gasteiger partial charge is 0.326 e. The highest BCUT2D eigenvalue weighted by Crippen LogP contribution is 2.32. The Kier molecular flexibility index (Phi) is 9.88. The number of amides is 1. The van der Waals surface area contributed by atoms with Crippen molar-refractivity contribution in [3.8, 4) is 11.1 Å². The van der Waals surface area contributed by atoms with Gasteiger partial charge in [0.05, 0.1) is 12.9 Å². The van der Waals surface area contributed by atoms with Crippen molar-refractivity contribution in [1.29, 1.82) is 0 Å². The minimum Gasteiger partial charge on any atom is -0.480 e. The Morgan fingerprint density at radius 1 is 1.08 bits per heavy atom. The lowest BCUT2D eigenvalue weighted by atomic mass is 9.92. The van der Waals surface area contributed by atoms with Gasteiger partial charge in [-0.05, 0) is 64.9 Å². The van der Waals surface area contributed by atoms with Gasteiger partial charge in [-0.2, -0.15) is 11.8 Å². The van der Waals surface area contributed by atoms with Crippen LogP contribution in [0.2, 0.25) is 0 Å². The quantitative estimate of drug-likeness (QED) is 0.232. The molecule has 7 nitrogen and oxygen atoms in total. The highest BCUT2D eigenvalue weighted by Gasteiger charge is 2.24. The normalized spacial score (nSPS) is 12.6. The Morgan fingerprint density at radius 2 is 1.82 bits per heavy atom. The van der Waals surface area contributed by atoms with Crippen LogP contribution in [0.5, 0.6) is 0 Å². The van der Waals surface area contributed by atoms with E-state index in [1.807, 2.05) is 53.4 Å². The second-order valence-electron chi connectivity index (χ2n) is 8.92. The van der Waals surface area contributed by atoms with E-state index in [-0.39, 0.29) is 5.82 Å². The molecule has 2 atom stereocenters. The standard InChI is InChI=1S/C30H30FN3O4S/c1-39-18-13-27(30(36)37)33-29(35)25-12-9-23(19-26(25)21-5-3-2-4-6-21)28(22-7-10-24(31)11-8-22)38-17-16-34-15-14-32-20-34/h2-12,14-15,19-20,27-28H,13,16-18H2,1H3,(H,33,35)(H,36,37)/t27-,28?/m0/s1. The molecule has 1 unspecified atom stereocenters. The van der Waals surface area contributed by atoms with Crippen molar-refractivity contribution < 1.29 is 23.8 Å². The zero-order valence-corrected chi connectivity index (χ0v) is 22.3. The van der Waals surface area contributed by atoms with Crippen molar-refractivity contribution in [2.75, 3.05) is 18.6 Å². The molecule has 0 spiro atoms. The summed E-state index contributed by atoms with van der Waals surface area (Å²) >= 11 is 1.52. The predicted octanol–water partition coefficient (Wildman–Crippen LogP) is 5.43. The van der Waals surface area contributed by atoms with Gasteiger partial charge in [-0.25, -0.2) is 14.2 Å². The maximum Gasteiger partial charge on any atom is 0.326 e. The number of hydrogen-bond donors (Lipinski definition) is 2. The summed E-state index contributed by atoms with van der Waals surface area (Å²) in [5.41, 5.74) is 3.35. The molecule has 0 aliphatic rings. The molecule has 0 radical (unpaired) electrons. The molecule has 0 saturated heterocycles. The number of ether oxygens (including phenoxy) is 1. The molecule has 3 aromatic carbocycles. The summed E-state index contributed by atoms with van der Waals surface area (Å²) in [6.07, 6.45) is 6.94. The summed E-state index contributed by atoms with van der Waals surface area (Å²) in [5.74, 6) is -1.27. The summed E-state index contributed by atoms with van der Waals surface area (Å²) in [4.78, 5) is 29.2. The first-order valence-corrected chi connectivity index (χ1v) is 13.9. The van der Waals surface area contributed by atoms with Crippen molar-refractivity contribution in [2.24, 2.45) is 0 Å². The van der Waals surface area contributed by atoms with E-state index >= 15 is 0 Å². The second kappa shape index (κ2) is 13.7. The van der Waals surface area contributed by atoms with Crippen molar-refractivity contribution in [3.63, 3.8) is 0 Å². The Morgan fingerprint density at radius 3 is 2.49 bits per heavy atom. The van der Waals surface area contributed by atoms with Crippen LogP contribution < -0.4 is 5.32 Å². The predicted molar refractivity (Wildman–Crippen MR) is 150 cm³/mol. The molecule has 0 aliphatic heterocycles. The van der Waals surface area contributed by atoms with Gasteiger partial charge in [0.15, 0.2) is 0 Å². The number of nitrogens with one attached hydrogen (secondary N) is 1. The largest absolute Gasteiger partial charge is 0.480 e. The van der Waals surface area contributed by atoms with E-state index in [1.165, 1.54) is 23.9 Å². The molecule has 4 rings (SSSR count). The van der Waals surface area contributed by atoms with Gasteiger partial charge in [0.1, 0.15) is 18.0 Å². The summed E-state index contributed by atoms with van der Waals surface area (Å²) in [5, 5.41) is 12.3. The fourth-order valence-corrected chi connectivity index (χ4v) is 4.70. The first-order chi connectivity index (χ1) is 19.0. The molecule has 0 fully saturated rings. The first-order valence-electron chi connectivity index (χ1n) is 12.5. The molecule has 0 bridgehead atoms. The second-order valence-corrected chi connectivity index (χ2v) is 9.91. The van der Waals surface area contributed by atoms with Gasteiger partial charge in [-0.3, -0.25) is 4.79 Å². The number of thioether (sulfide) groups is 1. The van der Waals surface area contributed by atoms with E-state index in [0.717, 1.165) is 16.7 Å². The molecule has 1 aromatic heterocycles. The third kappa shape index (κ3) is 7.55. The average Bonchev–Trinajstić information content (AvgIpc) is 3.47. The molecular weight excluding hydrogens is 517 g/mol. The zero-order valence-electron chi connectivity index (χ0n) is 21.5. The number of carbonyl (C=O) groups is 2. The van der Waals surface area contributed by atoms with E-state index < -0.39 is 24.0 Å². The maximum absolute atomic E-state index is 13.7. The molecule has 1 heterocycles. The van der Waals surface area contributed by atoms with Crippen LogP contribution in [0, 0.1) is 5.82 Å². The number of benzene rings is 3. The Bertz CT molecular complexity index is 1360. The van der Waals surface area contributed by atoms with Crippen LogP contribution in [-0.4, -0.2) is 51.2 Å². The number of carboxylic acids is 1. The molecule has 0 aliphatic carbocycles. The molecule has 39 heavy (non-hydrogen) atoms. The van der Waals surface area contributed by atoms with Gasteiger partial charge in [-0.1, -0.05) is 48.5 Å². The lowest BCUT2D eigenvalue weighted by Gasteiger charge is -2.22. The Balaban J connectivity index is 1.69. The number of rotatable bonds is 13. The van der Waals surface area contributed by atoms with Gasteiger partial charge >= 0.3 is 5.97 Å². The van der Waals surface area contributed by atoms with E-state index in [0.29, 0.717) is 36.5 Å². The molecule has 0 saturated carbocycles. The van der Waals surface area contributed by atoms with Gasteiger partial charge < -0.3 is 19.7 Å². The third-order valence-electron chi connectivity index (χ3n) is 6.26. The third-order valence-corrected chi connectivity index (χ3v) is 6.90. The fourth-order valence-electron chi connectivity index (χ4n) is 4.23. The van der Waals surface area contributed by atoms with Crippen molar-refractivity contribution in [2.45, 2.75) is 25.1 Å². The average molecular weight is 548 g/mol. The minimum atomic E-state index is -1.07. The van der Waals surface area contributed by atoms with Gasteiger partial charge in [0, 0.05) is 24.5 Å². The van der Waals surface area contributed by atoms with Crippen LogP contribution in [0.15, 0.2) is 91.5 Å². The molecule has 9 heteroatoms. The number of imidazole rings is 1. The summed E-state index contributed by atoms with van der Waals surface area (Å²) in [6.45, 7) is 0.952. The van der Waals surface area contributed by atoms with E-state index in [2.05, 4.69) is 10.3 Å². The number of carbonyl (C=O) groups excluding carboxylic acids is 1. The Hall–Kier alpha value is -3.95. The first kappa shape index (κ1) is 28.1. The zero-order chi connectivity index (χ0) is 27.6. The number of halogens is 1. The number of hydrogen-bond acceptors (Lipinski definition) is 5. The van der Waals surface area contributed by atoms with Crippen LogP contribution in [0.1, 0.15) is 34.0 Å². The van der Waals surface area contributed by atoms with E-state index in [9.17, 15) is 19.1 Å². The van der Waals surface area contributed by atoms with Crippen LogP contribution in [0.4, 0.5) is 4.39 Å². The van der Waals surface area contributed by atoms with Crippen LogP contribution >= 0.6 is 11.8 Å². The number of aliphatic carboxylic acids is 1. The van der Waals surface area contributed by atoms with Gasteiger partial charge in [0.2, 0.25) is 0 Å². The SMILES string of the molecule is CSCC[C@H](NC(=O)c1ccc(C(OCCn2ccnc2)c2ccc(F)cc2)cc1-c1ccccc1)C(=O)O. The summed E-state index contributed by atoms with van der Waals surface area (Å²) < 4.78 is 21.9. The molecule has 4 aromatic rings. The number of aromatic nitrogens is 2. The molecule has 1 amide bonds. The monoisotopic (exact) mass is 547 g/mol. The highest BCUT2D eigenvalue weighted by atomic mass is 32.2. The lowest BCUT2D eigenvalue weighted by Crippen LogP contribution is -2.41. The molecule has 202 valence electrons. The van der Waals surface area contributed by atoms with E-state index in [1.54, 1.807) is 36.8 Å². The lowest BCUT2D eigenvalue weighted by molar-refractivity contribution is -0.139. The maximum atomic E-state index is 13.7. The molecule has 2 N–H and O–H groups in total. The fraction of sp³-hybridized carbons (Fsp3) is 0.233. The highest BCUT2D eigenvalue weighted by molar-refractivity contribution is 7.98. The minimum absolute atomic E-state index is 0.318. The number of carboxylic acid groups (broad SMARTS) is 1. The van der Waals surface area contributed by atoms with Crippen molar-refractivity contribution in [1.82, 2.24) is 14.9 Å². The molecular formula is C30H30FN3O4S. The van der Waals surface area contributed by atoms with Crippen LogP contribution in [-0.2, 0) is 16.1 Å². The van der Waals surface area contributed by atoms with Crippen molar-refractivity contribution in [3.05, 3.63) is 114 Å². The van der Waals surface area contributed by atoms with E-state index in [4.69, 9.17) is 4.74 Å². The number of nitrogens with zero attached hydrogens (tertiary/aromatic N) is 2. The van der Waals surface area contributed by atoms with Crippen LogP contribution in [0.3, 0.4) is 0 Å². The topological polar surface area (TPSA) is 93.5 Å². The van der Waals surface area contributed by atoms with Gasteiger partial charge in [0.25, 0.3) is 5.91 Å². The van der Waals surface area contributed by atoms with Gasteiger partial charge in [-0.15, -0.1) is 0 Å². The summed E-state index contributed by atoms with van der Waals surface area (Å²) in [7, 11) is 0. The van der Waals surface area contributed by atoms with Crippen molar-refractivity contribution >= 4 is 23.6 Å². The summed E-state index contributed by atoms with van der Waals surface area (Å²) in [6, 6.07) is 20.0. The van der Waals surface area contributed by atoms with Crippen LogP contribution in [0.25, 0.3) is 11.1 Å².